The molecule has 2 N–H and O–H groups in total. The Balaban J connectivity index is 1.13. The van der Waals surface area contributed by atoms with Gasteiger partial charge in [0.2, 0.25) is 17.6 Å². The third-order valence-electron chi connectivity index (χ3n) is 8.66. The molecule has 0 radical (unpaired) electrons. The quantitative estimate of drug-likeness (QED) is 0.178. The summed E-state index contributed by atoms with van der Waals surface area (Å²) in [4.78, 5) is 34.2. The van der Waals surface area contributed by atoms with Crippen molar-refractivity contribution in [1.82, 2.24) is 9.88 Å². The number of fused-ring (bicyclic) bond motifs is 3. The number of carbonyl (C=O) groups is 2. The van der Waals surface area contributed by atoms with Gasteiger partial charge in [-0.1, -0.05) is 0 Å². The van der Waals surface area contributed by atoms with E-state index in [1.54, 1.807) is 36.5 Å². The molecular weight excluding hydrogens is 607 g/mol. The van der Waals surface area contributed by atoms with Crippen LogP contribution < -0.4 is 29.6 Å². The van der Waals surface area contributed by atoms with Crippen molar-refractivity contribution in [2.75, 3.05) is 57.6 Å². The summed E-state index contributed by atoms with van der Waals surface area (Å²) in [6.07, 6.45) is 3.24. The molecule has 1 aromatic heterocycles. The standard InChI is InChI=1S/C35H35FN4O7/c36-23-2-4-24(5-3-23)40(34(42)35(11-12-35)33(37)41)25-6-8-26(9-7-25)47-28-10-13-38-27-22-29(31-32(30(27)28)46-21-20-45-31)44-17-1-14-39-15-18-43-19-16-39/h2-10,13,22H,1,11-12,14-21H2,(H2,37,41). The molecule has 3 heterocycles. The number of carbonyl (C=O) groups excluding carboxylic acids is 2. The number of morpholine rings is 1. The summed E-state index contributed by atoms with van der Waals surface area (Å²) in [6, 6.07) is 15.9. The summed E-state index contributed by atoms with van der Waals surface area (Å²) < 4.78 is 43.8. The number of aromatic nitrogens is 1. The van der Waals surface area contributed by atoms with Crippen molar-refractivity contribution >= 4 is 34.1 Å². The van der Waals surface area contributed by atoms with Crippen LogP contribution in [-0.4, -0.2) is 74.4 Å². The van der Waals surface area contributed by atoms with Crippen molar-refractivity contribution in [3.63, 3.8) is 0 Å². The van der Waals surface area contributed by atoms with E-state index in [-0.39, 0.29) is 0 Å². The molecule has 7 rings (SSSR count). The minimum Gasteiger partial charge on any atom is -0.489 e. The van der Waals surface area contributed by atoms with Gasteiger partial charge >= 0.3 is 0 Å². The largest absolute Gasteiger partial charge is 0.489 e. The van der Waals surface area contributed by atoms with Crippen LogP contribution in [0.3, 0.4) is 0 Å². The number of halogens is 1. The van der Waals surface area contributed by atoms with Gasteiger partial charge in [0.25, 0.3) is 0 Å². The summed E-state index contributed by atoms with van der Waals surface area (Å²) in [5.74, 6) is 1.01. The Morgan fingerprint density at radius 2 is 1.60 bits per heavy atom. The van der Waals surface area contributed by atoms with Crippen LogP contribution in [0.2, 0.25) is 0 Å². The summed E-state index contributed by atoms with van der Waals surface area (Å²) in [7, 11) is 0. The van der Waals surface area contributed by atoms with E-state index < -0.39 is 23.0 Å². The van der Waals surface area contributed by atoms with E-state index in [0.717, 1.165) is 39.3 Å². The van der Waals surface area contributed by atoms with Gasteiger partial charge in [-0.15, -0.1) is 0 Å². The third kappa shape index (κ3) is 6.26. The molecule has 0 spiro atoms. The molecule has 47 heavy (non-hydrogen) atoms. The third-order valence-corrected chi connectivity index (χ3v) is 8.66. The number of hydrogen-bond acceptors (Lipinski definition) is 9. The van der Waals surface area contributed by atoms with Gasteiger partial charge < -0.3 is 29.4 Å². The zero-order valence-corrected chi connectivity index (χ0v) is 25.8. The highest BCUT2D eigenvalue weighted by molar-refractivity contribution is 6.16. The molecule has 3 aromatic carbocycles. The van der Waals surface area contributed by atoms with Crippen LogP contribution >= 0.6 is 0 Å². The van der Waals surface area contributed by atoms with Gasteiger partial charge in [0.15, 0.2) is 11.5 Å². The van der Waals surface area contributed by atoms with Crippen LogP contribution in [0.1, 0.15) is 19.3 Å². The molecule has 12 heteroatoms. The number of pyridine rings is 1. The van der Waals surface area contributed by atoms with E-state index in [1.165, 1.54) is 29.2 Å². The fourth-order valence-corrected chi connectivity index (χ4v) is 5.93. The second-order valence-corrected chi connectivity index (χ2v) is 11.7. The van der Waals surface area contributed by atoms with Crippen LogP contribution in [0.4, 0.5) is 15.8 Å². The molecule has 1 saturated heterocycles. The van der Waals surface area contributed by atoms with Gasteiger partial charge in [-0.25, -0.2) is 4.39 Å². The van der Waals surface area contributed by atoms with E-state index in [2.05, 4.69) is 9.88 Å². The highest BCUT2D eigenvalue weighted by Crippen LogP contribution is 2.50. The number of benzene rings is 3. The molecule has 0 bridgehead atoms. The van der Waals surface area contributed by atoms with Crippen molar-refractivity contribution in [3.05, 3.63) is 72.7 Å². The maximum Gasteiger partial charge on any atom is 0.247 e. The first-order chi connectivity index (χ1) is 22.9. The lowest BCUT2D eigenvalue weighted by Crippen LogP contribution is -2.41. The van der Waals surface area contributed by atoms with Gasteiger partial charge in [-0.2, -0.15) is 0 Å². The maximum absolute atomic E-state index is 13.7. The van der Waals surface area contributed by atoms with Crippen LogP contribution in [0.5, 0.6) is 28.7 Å². The van der Waals surface area contributed by atoms with Crippen molar-refractivity contribution in [3.8, 4) is 28.7 Å². The summed E-state index contributed by atoms with van der Waals surface area (Å²) in [5.41, 5.74) is 5.87. The average Bonchev–Trinajstić information content (AvgIpc) is 3.92. The number of anilines is 2. The Morgan fingerprint density at radius 3 is 2.28 bits per heavy atom. The predicted molar refractivity (Wildman–Crippen MR) is 171 cm³/mol. The van der Waals surface area contributed by atoms with E-state index in [1.807, 2.05) is 6.07 Å². The lowest BCUT2D eigenvalue weighted by Gasteiger charge is -2.27. The zero-order chi connectivity index (χ0) is 32.4. The van der Waals surface area contributed by atoms with Gasteiger partial charge in [0, 0.05) is 43.3 Å². The summed E-state index contributed by atoms with van der Waals surface area (Å²) in [6.45, 7) is 5.57. The van der Waals surface area contributed by atoms with Crippen LogP contribution in [-0.2, 0) is 14.3 Å². The minimum atomic E-state index is -1.27. The van der Waals surface area contributed by atoms with E-state index in [0.29, 0.717) is 83.7 Å². The van der Waals surface area contributed by atoms with Gasteiger partial charge in [0.1, 0.15) is 35.9 Å². The maximum atomic E-state index is 13.7. The smallest absolute Gasteiger partial charge is 0.247 e. The molecule has 1 saturated carbocycles. The Kier molecular flexibility index (Phi) is 8.52. The Labute approximate surface area is 270 Å². The fraction of sp³-hybridized carbons (Fsp3) is 0.343. The average molecular weight is 643 g/mol. The first-order valence-corrected chi connectivity index (χ1v) is 15.8. The first-order valence-electron chi connectivity index (χ1n) is 15.8. The van der Waals surface area contributed by atoms with Gasteiger partial charge in [-0.05, 0) is 73.9 Å². The molecule has 0 unspecified atom stereocenters. The number of nitrogens with two attached hydrogens (primary N) is 1. The Hall–Kier alpha value is -4.94. The van der Waals surface area contributed by atoms with Crippen molar-refractivity contribution in [1.29, 1.82) is 0 Å². The number of hydrogen-bond donors (Lipinski definition) is 1. The minimum absolute atomic E-state index is 0.367. The molecule has 3 aliphatic rings. The summed E-state index contributed by atoms with van der Waals surface area (Å²) >= 11 is 0. The zero-order valence-electron chi connectivity index (χ0n) is 25.8. The van der Waals surface area contributed by atoms with E-state index in [4.69, 9.17) is 29.4 Å². The SMILES string of the molecule is NC(=O)C1(C(=O)N(c2ccc(F)cc2)c2ccc(Oc3ccnc4cc(OCCCN5CCOCC5)c5c(c34)OCCO5)cc2)CC1. The Bertz CT molecular complexity index is 1770. The predicted octanol–water partition coefficient (Wildman–Crippen LogP) is 4.97. The van der Waals surface area contributed by atoms with Crippen molar-refractivity contribution in [2.24, 2.45) is 11.1 Å². The van der Waals surface area contributed by atoms with Crippen molar-refractivity contribution < 1.29 is 37.7 Å². The lowest BCUT2D eigenvalue weighted by atomic mass is 10.0. The highest BCUT2D eigenvalue weighted by atomic mass is 19.1. The number of rotatable bonds is 11. The van der Waals surface area contributed by atoms with Gasteiger partial charge in [0.05, 0.1) is 30.7 Å². The van der Waals surface area contributed by atoms with Crippen LogP contribution in [0, 0.1) is 11.2 Å². The second kappa shape index (κ2) is 13.0. The van der Waals surface area contributed by atoms with E-state index in [9.17, 15) is 14.0 Å². The molecule has 0 atom stereocenters. The van der Waals surface area contributed by atoms with Crippen LogP contribution in [0.15, 0.2) is 66.9 Å². The monoisotopic (exact) mass is 642 g/mol. The number of ether oxygens (including phenoxy) is 5. The molecule has 2 fully saturated rings. The highest BCUT2D eigenvalue weighted by Gasteiger charge is 2.57. The lowest BCUT2D eigenvalue weighted by molar-refractivity contribution is -0.133. The first kappa shape index (κ1) is 30.7. The normalized spacial score (nSPS) is 16.8. The van der Waals surface area contributed by atoms with Crippen molar-refractivity contribution in [2.45, 2.75) is 19.3 Å². The molecule has 2 aliphatic heterocycles. The summed E-state index contributed by atoms with van der Waals surface area (Å²) in [5, 5.41) is 0.646. The van der Waals surface area contributed by atoms with Crippen LogP contribution in [0.25, 0.3) is 10.9 Å². The Morgan fingerprint density at radius 1 is 0.915 bits per heavy atom. The number of amides is 2. The molecule has 1 aliphatic carbocycles. The number of primary amides is 1. The topological polar surface area (TPSA) is 126 Å². The van der Waals surface area contributed by atoms with Gasteiger partial charge in [-0.3, -0.25) is 24.4 Å². The number of nitrogens with zero attached hydrogens (tertiary/aromatic N) is 3. The molecule has 244 valence electrons. The fourth-order valence-electron chi connectivity index (χ4n) is 5.93. The second-order valence-electron chi connectivity index (χ2n) is 11.7. The molecule has 2 amide bonds. The molecular formula is C35H35FN4O7. The van der Waals surface area contributed by atoms with E-state index >= 15 is 0 Å². The molecule has 11 nitrogen and oxygen atoms in total. The molecule has 4 aromatic rings.